The van der Waals surface area contributed by atoms with Gasteiger partial charge in [-0.2, -0.15) is 0 Å². The summed E-state index contributed by atoms with van der Waals surface area (Å²) in [6, 6.07) is 14.6. The van der Waals surface area contributed by atoms with Crippen LogP contribution in [-0.4, -0.2) is 24.6 Å². The van der Waals surface area contributed by atoms with E-state index >= 15 is 0 Å². The van der Waals surface area contributed by atoms with Gasteiger partial charge in [0.25, 0.3) is 0 Å². The second-order valence-corrected chi connectivity index (χ2v) is 6.45. The monoisotopic (exact) mass is 323 g/mol. The van der Waals surface area contributed by atoms with E-state index < -0.39 is 0 Å². The highest BCUT2D eigenvalue weighted by molar-refractivity contribution is 5.77. The van der Waals surface area contributed by atoms with Crippen molar-refractivity contribution in [3.8, 4) is 11.5 Å². The zero-order chi connectivity index (χ0) is 16.5. The number of rotatable bonds is 4. The second-order valence-electron chi connectivity index (χ2n) is 6.45. The van der Waals surface area contributed by atoms with Gasteiger partial charge in [-0.05, 0) is 48.1 Å². The predicted octanol–water partition coefficient (Wildman–Crippen LogP) is 3.49. The SMILES string of the molecule is CN(C(=O)CCc1ccc2c(c1)OCO2)C1CCc2ccccc21. The summed E-state index contributed by atoms with van der Waals surface area (Å²) in [5.74, 6) is 1.75. The van der Waals surface area contributed by atoms with Gasteiger partial charge in [0.2, 0.25) is 12.7 Å². The minimum atomic E-state index is 0.189. The van der Waals surface area contributed by atoms with Gasteiger partial charge in [-0.1, -0.05) is 30.3 Å². The number of ether oxygens (including phenoxy) is 2. The molecule has 0 saturated carbocycles. The van der Waals surface area contributed by atoms with Gasteiger partial charge >= 0.3 is 0 Å². The van der Waals surface area contributed by atoms with Gasteiger partial charge in [-0.25, -0.2) is 0 Å². The number of hydrogen-bond acceptors (Lipinski definition) is 3. The van der Waals surface area contributed by atoms with E-state index in [1.165, 1.54) is 11.1 Å². The summed E-state index contributed by atoms with van der Waals surface area (Å²) in [6.45, 7) is 0.279. The van der Waals surface area contributed by atoms with E-state index in [1.807, 2.05) is 30.1 Å². The lowest BCUT2D eigenvalue weighted by atomic mass is 10.1. The zero-order valence-corrected chi connectivity index (χ0v) is 13.8. The van der Waals surface area contributed by atoms with Gasteiger partial charge in [0, 0.05) is 13.5 Å². The normalized spacial score (nSPS) is 17.6. The molecule has 24 heavy (non-hydrogen) atoms. The third-order valence-electron chi connectivity index (χ3n) is 5.03. The van der Waals surface area contributed by atoms with E-state index in [4.69, 9.17) is 9.47 Å². The molecule has 0 saturated heterocycles. The Morgan fingerprint density at radius 2 is 2.00 bits per heavy atom. The number of carbonyl (C=O) groups is 1. The summed E-state index contributed by atoms with van der Waals surface area (Å²) in [6.07, 6.45) is 3.30. The molecule has 1 heterocycles. The lowest BCUT2D eigenvalue weighted by Crippen LogP contribution is -2.30. The molecule has 0 radical (unpaired) electrons. The maximum atomic E-state index is 12.6. The first-order chi connectivity index (χ1) is 11.7. The number of hydrogen-bond donors (Lipinski definition) is 0. The molecule has 4 nitrogen and oxygen atoms in total. The van der Waals surface area contributed by atoms with Gasteiger partial charge < -0.3 is 14.4 Å². The Hall–Kier alpha value is -2.49. The van der Waals surface area contributed by atoms with Crippen LogP contribution in [0.5, 0.6) is 11.5 Å². The molecule has 1 atom stereocenters. The third kappa shape index (κ3) is 2.73. The fourth-order valence-corrected chi connectivity index (χ4v) is 3.63. The molecular weight excluding hydrogens is 302 g/mol. The van der Waals surface area contributed by atoms with E-state index in [2.05, 4.69) is 24.3 Å². The van der Waals surface area contributed by atoms with E-state index in [-0.39, 0.29) is 18.7 Å². The number of carbonyl (C=O) groups excluding carboxylic acids is 1. The maximum absolute atomic E-state index is 12.6. The summed E-state index contributed by atoms with van der Waals surface area (Å²) in [4.78, 5) is 14.5. The highest BCUT2D eigenvalue weighted by Crippen LogP contribution is 2.35. The topological polar surface area (TPSA) is 38.8 Å². The second kappa shape index (κ2) is 6.19. The first-order valence-corrected chi connectivity index (χ1v) is 8.44. The Balaban J connectivity index is 1.40. The number of aryl methyl sites for hydroxylation is 2. The van der Waals surface area contributed by atoms with Crippen LogP contribution in [0.4, 0.5) is 0 Å². The van der Waals surface area contributed by atoms with Gasteiger partial charge in [-0.15, -0.1) is 0 Å². The molecule has 2 aromatic carbocycles. The van der Waals surface area contributed by atoms with Crippen LogP contribution in [0.1, 0.15) is 35.6 Å². The van der Waals surface area contributed by atoms with Gasteiger partial charge in [0.1, 0.15) is 0 Å². The minimum Gasteiger partial charge on any atom is -0.454 e. The Bertz CT molecular complexity index is 771. The first kappa shape index (κ1) is 15.1. The number of fused-ring (bicyclic) bond motifs is 2. The van der Waals surface area contributed by atoms with Crippen LogP contribution in [0, 0.1) is 0 Å². The molecular formula is C20H21NO3. The summed E-state index contributed by atoms with van der Waals surface area (Å²) >= 11 is 0. The zero-order valence-electron chi connectivity index (χ0n) is 13.8. The number of benzene rings is 2. The standard InChI is InChI=1S/C20H21NO3/c1-21(17-9-8-15-4-2-3-5-16(15)17)20(22)11-7-14-6-10-18-19(12-14)24-13-23-18/h2-6,10,12,17H,7-9,11,13H2,1H3. The number of nitrogens with zero attached hydrogens (tertiary/aromatic N) is 1. The van der Waals surface area contributed by atoms with Crippen molar-refractivity contribution in [3.05, 3.63) is 59.2 Å². The van der Waals surface area contributed by atoms with E-state index in [9.17, 15) is 4.79 Å². The van der Waals surface area contributed by atoms with E-state index in [0.717, 1.165) is 29.9 Å². The molecule has 1 aliphatic carbocycles. The highest BCUT2D eigenvalue weighted by Gasteiger charge is 2.28. The van der Waals surface area contributed by atoms with Crippen LogP contribution in [0.2, 0.25) is 0 Å². The van der Waals surface area contributed by atoms with Crippen molar-refractivity contribution < 1.29 is 14.3 Å². The van der Waals surface area contributed by atoms with E-state index in [0.29, 0.717) is 12.8 Å². The van der Waals surface area contributed by atoms with Crippen LogP contribution in [-0.2, 0) is 17.6 Å². The molecule has 0 spiro atoms. The molecule has 0 N–H and O–H groups in total. The maximum Gasteiger partial charge on any atom is 0.231 e. The predicted molar refractivity (Wildman–Crippen MR) is 91.2 cm³/mol. The van der Waals surface area contributed by atoms with Crippen LogP contribution < -0.4 is 9.47 Å². The molecule has 4 heteroatoms. The Morgan fingerprint density at radius 1 is 1.17 bits per heavy atom. The van der Waals surface area contributed by atoms with Crippen LogP contribution >= 0.6 is 0 Å². The van der Waals surface area contributed by atoms with Crippen molar-refractivity contribution >= 4 is 5.91 Å². The summed E-state index contributed by atoms with van der Waals surface area (Å²) < 4.78 is 10.7. The quantitative estimate of drug-likeness (QED) is 0.864. The van der Waals surface area contributed by atoms with Crippen molar-refractivity contribution in [2.45, 2.75) is 31.7 Å². The molecule has 0 fully saturated rings. The Labute approximate surface area is 142 Å². The molecule has 124 valence electrons. The smallest absolute Gasteiger partial charge is 0.231 e. The Kier molecular flexibility index (Phi) is 3.89. The van der Waals surface area contributed by atoms with Crippen molar-refractivity contribution in [2.75, 3.05) is 13.8 Å². The average Bonchev–Trinajstić information content (AvgIpc) is 3.25. The van der Waals surface area contributed by atoms with Gasteiger partial charge in [0.05, 0.1) is 6.04 Å². The van der Waals surface area contributed by atoms with Gasteiger partial charge in [0.15, 0.2) is 11.5 Å². The largest absolute Gasteiger partial charge is 0.454 e. The van der Waals surface area contributed by atoms with Crippen LogP contribution in [0.25, 0.3) is 0 Å². The van der Waals surface area contributed by atoms with Crippen molar-refractivity contribution in [1.82, 2.24) is 4.90 Å². The van der Waals surface area contributed by atoms with Crippen molar-refractivity contribution in [1.29, 1.82) is 0 Å². The Morgan fingerprint density at radius 3 is 2.92 bits per heavy atom. The molecule has 0 bridgehead atoms. The summed E-state index contributed by atoms with van der Waals surface area (Å²) in [5.41, 5.74) is 3.78. The van der Waals surface area contributed by atoms with Crippen LogP contribution in [0.15, 0.2) is 42.5 Å². The molecule has 1 aliphatic heterocycles. The highest BCUT2D eigenvalue weighted by atomic mass is 16.7. The lowest BCUT2D eigenvalue weighted by Gasteiger charge is -2.25. The molecule has 4 rings (SSSR count). The lowest BCUT2D eigenvalue weighted by molar-refractivity contribution is -0.132. The van der Waals surface area contributed by atoms with Crippen molar-refractivity contribution in [2.24, 2.45) is 0 Å². The first-order valence-electron chi connectivity index (χ1n) is 8.44. The molecule has 2 aromatic rings. The molecule has 1 unspecified atom stereocenters. The third-order valence-corrected chi connectivity index (χ3v) is 5.03. The molecule has 0 aromatic heterocycles. The fourth-order valence-electron chi connectivity index (χ4n) is 3.63. The summed E-state index contributed by atoms with van der Waals surface area (Å²) in [7, 11) is 1.93. The van der Waals surface area contributed by atoms with Crippen LogP contribution in [0.3, 0.4) is 0 Å². The van der Waals surface area contributed by atoms with E-state index in [1.54, 1.807) is 0 Å². The van der Waals surface area contributed by atoms with Crippen molar-refractivity contribution in [3.63, 3.8) is 0 Å². The fraction of sp³-hybridized carbons (Fsp3) is 0.350. The van der Waals surface area contributed by atoms with Gasteiger partial charge in [-0.3, -0.25) is 4.79 Å². The minimum absolute atomic E-state index is 0.189. The molecule has 2 aliphatic rings. The number of amides is 1. The molecule has 1 amide bonds. The average molecular weight is 323 g/mol. The summed E-state index contributed by atoms with van der Waals surface area (Å²) in [5, 5.41) is 0.